The van der Waals surface area contributed by atoms with E-state index in [2.05, 4.69) is 9.71 Å². The van der Waals surface area contributed by atoms with Gasteiger partial charge in [0.1, 0.15) is 0 Å². The summed E-state index contributed by atoms with van der Waals surface area (Å²) in [5.41, 5.74) is 5.81. The van der Waals surface area contributed by atoms with Crippen molar-refractivity contribution in [3.05, 3.63) is 40.2 Å². The number of aryl methyl sites for hydroxylation is 1. The van der Waals surface area contributed by atoms with Gasteiger partial charge < -0.3 is 5.73 Å². The third-order valence-electron chi connectivity index (χ3n) is 2.71. The van der Waals surface area contributed by atoms with Crippen molar-refractivity contribution in [2.24, 2.45) is 0 Å². The van der Waals surface area contributed by atoms with Gasteiger partial charge in [-0.1, -0.05) is 0 Å². The number of sulfonamides is 1. The lowest BCUT2D eigenvalue weighted by Gasteiger charge is -2.13. The quantitative estimate of drug-likeness (QED) is 0.883. The van der Waals surface area contributed by atoms with Crippen LogP contribution in [0.15, 0.2) is 35.5 Å². The predicted molar refractivity (Wildman–Crippen MR) is 81.2 cm³/mol. The number of nitrogens with two attached hydrogens (primary N) is 1. The minimum atomic E-state index is -3.68. The summed E-state index contributed by atoms with van der Waals surface area (Å²) >= 11 is 1.67. The molecule has 0 aliphatic rings. The Labute approximate surface area is 122 Å². The SMILES string of the molecule is Cc1ccc(CC(C)NS(=O)(=O)c2ncccc2N)s1. The molecule has 1 atom stereocenters. The molecule has 1 unspecified atom stereocenters. The molecule has 0 bridgehead atoms. The highest BCUT2D eigenvalue weighted by Gasteiger charge is 2.21. The van der Waals surface area contributed by atoms with E-state index in [4.69, 9.17) is 5.73 Å². The molecule has 0 aromatic carbocycles. The molecule has 2 rings (SSSR count). The standard InChI is InChI=1S/C13H17N3O2S2/c1-9(8-11-6-5-10(2)19-11)16-20(17,18)13-12(14)4-3-7-15-13/h3-7,9,16H,8,14H2,1-2H3. The van der Waals surface area contributed by atoms with Crippen molar-refractivity contribution in [1.82, 2.24) is 9.71 Å². The molecule has 7 heteroatoms. The van der Waals surface area contributed by atoms with E-state index in [1.54, 1.807) is 17.4 Å². The number of anilines is 1. The summed E-state index contributed by atoms with van der Waals surface area (Å²) in [6.45, 7) is 3.85. The molecule has 0 aliphatic carbocycles. The lowest BCUT2D eigenvalue weighted by atomic mass is 10.2. The topological polar surface area (TPSA) is 85.1 Å². The van der Waals surface area contributed by atoms with E-state index >= 15 is 0 Å². The Bertz CT molecular complexity index is 695. The summed E-state index contributed by atoms with van der Waals surface area (Å²) in [6.07, 6.45) is 2.06. The van der Waals surface area contributed by atoms with Crippen LogP contribution in [0.5, 0.6) is 0 Å². The Kier molecular flexibility index (Phi) is 4.42. The fraction of sp³-hybridized carbons (Fsp3) is 0.308. The highest BCUT2D eigenvalue weighted by molar-refractivity contribution is 7.89. The number of nitrogens with zero attached hydrogens (tertiary/aromatic N) is 1. The third-order valence-corrected chi connectivity index (χ3v) is 5.30. The van der Waals surface area contributed by atoms with Crippen LogP contribution in [0.1, 0.15) is 16.7 Å². The Morgan fingerprint density at radius 2 is 2.15 bits per heavy atom. The van der Waals surface area contributed by atoms with E-state index in [1.807, 2.05) is 26.0 Å². The van der Waals surface area contributed by atoms with Crippen molar-refractivity contribution in [2.75, 3.05) is 5.73 Å². The molecule has 108 valence electrons. The van der Waals surface area contributed by atoms with Crippen LogP contribution in [0.25, 0.3) is 0 Å². The zero-order valence-corrected chi connectivity index (χ0v) is 13.0. The van der Waals surface area contributed by atoms with Gasteiger partial charge in [-0.2, -0.15) is 0 Å². The van der Waals surface area contributed by atoms with Gasteiger partial charge in [-0.15, -0.1) is 11.3 Å². The van der Waals surface area contributed by atoms with Crippen LogP contribution in [0, 0.1) is 6.92 Å². The van der Waals surface area contributed by atoms with Gasteiger partial charge in [-0.05, 0) is 44.5 Å². The van der Waals surface area contributed by atoms with Gasteiger partial charge in [0, 0.05) is 22.0 Å². The molecule has 2 heterocycles. The molecule has 3 N–H and O–H groups in total. The molecule has 2 aromatic heterocycles. The first-order valence-corrected chi connectivity index (χ1v) is 8.46. The lowest BCUT2D eigenvalue weighted by molar-refractivity contribution is 0.557. The van der Waals surface area contributed by atoms with Crippen LogP contribution in [-0.4, -0.2) is 19.4 Å². The first kappa shape index (κ1) is 15.0. The number of hydrogen-bond acceptors (Lipinski definition) is 5. The third kappa shape index (κ3) is 3.56. The van der Waals surface area contributed by atoms with Gasteiger partial charge in [-0.25, -0.2) is 18.1 Å². The number of rotatable bonds is 5. The molecule has 0 amide bonds. The molecule has 0 aliphatic heterocycles. The van der Waals surface area contributed by atoms with E-state index in [1.165, 1.54) is 17.1 Å². The Morgan fingerprint density at radius 1 is 1.40 bits per heavy atom. The number of hydrogen-bond donors (Lipinski definition) is 2. The van der Waals surface area contributed by atoms with Crippen molar-refractivity contribution < 1.29 is 8.42 Å². The summed E-state index contributed by atoms with van der Waals surface area (Å²) in [5, 5.41) is -0.116. The Balaban J connectivity index is 2.10. The molecule has 0 radical (unpaired) electrons. The van der Waals surface area contributed by atoms with Crippen LogP contribution < -0.4 is 10.5 Å². The normalized spacial score (nSPS) is 13.3. The predicted octanol–water partition coefficient (Wildman–Crippen LogP) is 1.94. The molecule has 0 saturated heterocycles. The smallest absolute Gasteiger partial charge is 0.260 e. The minimum absolute atomic E-state index is 0.116. The number of nitrogens with one attached hydrogen (secondary N) is 1. The number of pyridine rings is 1. The van der Waals surface area contributed by atoms with Crippen molar-refractivity contribution in [1.29, 1.82) is 0 Å². The van der Waals surface area contributed by atoms with E-state index in [-0.39, 0.29) is 16.8 Å². The second-order valence-electron chi connectivity index (χ2n) is 4.64. The molecule has 2 aromatic rings. The number of thiophene rings is 1. The summed E-state index contributed by atoms with van der Waals surface area (Å²) in [4.78, 5) is 6.20. The monoisotopic (exact) mass is 311 g/mol. The van der Waals surface area contributed by atoms with Crippen LogP contribution in [-0.2, 0) is 16.4 Å². The largest absolute Gasteiger partial charge is 0.396 e. The van der Waals surface area contributed by atoms with Crippen LogP contribution in [0.4, 0.5) is 5.69 Å². The van der Waals surface area contributed by atoms with Gasteiger partial charge in [0.2, 0.25) is 0 Å². The fourth-order valence-electron chi connectivity index (χ4n) is 1.89. The van der Waals surface area contributed by atoms with E-state index in [9.17, 15) is 8.42 Å². The second kappa shape index (κ2) is 5.90. The summed E-state index contributed by atoms with van der Waals surface area (Å²) in [5.74, 6) is 0. The van der Waals surface area contributed by atoms with Gasteiger partial charge in [0.15, 0.2) is 5.03 Å². The van der Waals surface area contributed by atoms with Crippen molar-refractivity contribution >= 4 is 27.0 Å². The average molecular weight is 311 g/mol. The first-order valence-electron chi connectivity index (χ1n) is 6.16. The Hall–Kier alpha value is -1.44. The molecule has 0 saturated carbocycles. The maximum atomic E-state index is 12.2. The molecule has 0 spiro atoms. The molecular formula is C13H17N3O2S2. The lowest BCUT2D eigenvalue weighted by Crippen LogP contribution is -2.34. The van der Waals surface area contributed by atoms with E-state index < -0.39 is 10.0 Å². The Morgan fingerprint density at radius 3 is 2.75 bits per heavy atom. The zero-order valence-electron chi connectivity index (χ0n) is 11.3. The summed E-state index contributed by atoms with van der Waals surface area (Å²) in [7, 11) is -3.68. The van der Waals surface area contributed by atoms with Crippen molar-refractivity contribution in [3.8, 4) is 0 Å². The fourth-order valence-corrected chi connectivity index (χ4v) is 4.21. The van der Waals surface area contributed by atoms with Crippen LogP contribution in [0.2, 0.25) is 0 Å². The van der Waals surface area contributed by atoms with Crippen LogP contribution in [0.3, 0.4) is 0 Å². The summed E-state index contributed by atoms with van der Waals surface area (Å²) in [6, 6.07) is 6.94. The molecule has 0 fully saturated rings. The van der Waals surface area contributed by atoms with Gasteiger partial charge in [0.05, 0.1) is 5.69 Å². The minimum Gasteiger partial charge on any atom is -0.396 e. The maximum Gasteiger partial charge on any atom is 0.260 e. The maximum absolute atomic E-state index is 12.2. The average Bonchev–Trinajstić information content (AvgIpc) is 2.74. The highest BCUT2D eigenvalue weighted by atomic mass is 32.2. The van der Waals surface area contributed by atoms with Crippen LogP contribution >= 0.6 is 11.3 Å². The van der Waals surface area contributed by atoms with E-state index in [0.717, 1.165) is 4.88 Å². The van der Waals surface area contributed by atoms with E-state index in [0.29, 0.717) is 6.42 Å². The number of aromatic nitrogens is 1. The molecule has 5 nitrogen and oxygen atoms in total. The zero-order chi connectivity index (χ0) is 14.8. The number of nitrogen functional groups attached to an aromatic ring is 1. The van der Waals surface area contributed by atoms with Crippen molar-refractivity contribution in [2.45, 2.75) is 31.3 Å². The van der Waals surface area contributed by atoms with Gasteiger partial charge in [0.25, 0.3) is 10.0 Å². The van der Waals surface area contributed by atoms with Gasteiger partial charge >= 0.3 is 0 Å². The highest BCUT2D eigenvalue weighted by Crippen LogP contribution is 2.18. The summed E-state index contributed by atoms with van der Waals surface area (Å²) < 4.78 is 27.0. The molecular weight excluding hydrogens is 294 g/mol. The first-order chi connectivity index (χ1) is 9.38. The second-order valence-corrected chi connectivity index (χ2v) is 7.64. The van der Waals surface area contributed by atoms with Gasteiger partial charge in [-0.3, -0.25) is 0 Å². The molecule has 20 heavy (non-hydrogen) atoms. The van der Waals surface area contributed by atoms with Crippen molar-refractivity contribution in [3.63, 3.8) is 0 Å².